The largest absolute Gasteiger partial charge is 0.508 e. The molecule has 0 aromatic heterocycles. The third-order valence-corrected chi connectivity index (χ3v) is 3.07. The highest BCUT2D eigenvalue weighted by atomic mass is 16.3. The first kappa shape index (κ1) is 14.9. The topological polar surface area (TPSA) is 89.8 Å². The van der Waals surface area contributed by atoms with Gasteiger partial charge in [0.25, 0.3) is 5.91 Å². The number of carbonyl (C=O) groups excluding carboxylic acids is 1. The zero-order chi connectivity index (χ0) is 15.2. The summed E-state index contributed by atoms with van der Waals surface area (Å²) in [5.74, 6) is -1.01. The van der Waals surface area contributed by atoms with E-state index in [0.717, 1.165) is 11.6 Å². The first-order valence-corrected chi connectivity index (χ1v) is 6.61. The van der Waals surface area contributed by atoms with Crippen molar-refractivity contribution in [3.8, 4) is 11.5 Å². The van der Waals surface area contributed by atoms with Crippen molar-refractivity contribution in [3.63, 3.8) is 0 Å². The monoisotopic (exact) mass is 287 g/mol. The summed E-state index contributed by atoms with van der Waals surface area (Å²) >= 11 is 0. The molecule has 110 valence electrons. The third kappa shape index (κ3) is 4.22. The van der Waals surface area contributed by atoms with Crippen molar-refractivity contribution in [3.05, 3.63) is 59.7 Å². The van der Waals surface area contributed by atoms with Crippen LogP contribution in [0.5, 0.6) is 11.5 Å². The molecule has 0 saturated carbocycles. The first-order chi connectivity index (χ1) is 10.1. The summed E-state index contributed by atoms with van der Waals surface area (Å²) in [6, 6.07) is 13.3. The van der Waals surface area contributed by atoms with Crippen molar-refractivity contribution in [1.82, 2.24) is 5.32 Å². The van der Waals surface area contributed by atoms with E-state index in [2.05, 4.69) is 5.32 Å². The molecule has 1 unspecified atom stereocenters. The van der Waals surface area contributed by atoms with Crippen LogP contribution < -0.4 is 5.32 Å². The molecule has 0 saturated heterocycles. The van der Waals surface area contributed by atoms with Crippen LogP contribution in [0.1, 0.15) is 22.3 Å². The van der Waals surface area contributed by atoms with Crippen LogP contribution in [0.3, 0.4) is 0 Å². The first-order valence-electron chi connectivity index (χ1n) is 6.61. The molecule has 0 aliphatic rings. The number of phenols is 2. The maximum absolute atomic E-state index is 11.9. The van der Waals surface area contributed by atoms with Crippen molar-refractivity contribution in [1.29, 1.82) is 0 Å². The standard InChI is InChI=1S/C16H17NO4/c18-12-7-8-14(19)13(10-12)16(21)17-15(20)9-6-11-4-2-1-3-5-11/h1-5,7-8,10,15,18-20H,6,9H2,(H,17,21). The van der Waals surface area contributed by atoms with Gasteiger partial charge in [-0.1, -0.05) is 30.3 Å². The number of aliphatic hydroxyl groups excluding tert-OH is 1. The van der Waals surface area contributed by atoms with Crippen LogP contribution >= 0.6 is 0 Å². The number of rotatable bonds is 5. The second-order valence-corrected chi connectivity index (χ2v) is 4.71. The van der Waals surface area contributed by atoms with E-state index in [-0.39, 0.29) is 17.1 Å². The lowest BCUT2D eigenvalue weighted by molar-refractivity contribution is 0.0763. The Bertz CT molecular complexity index is 613. The van der Waals surface area contributed by atoms with Crippen molar-refractivity contribution in [2.24, 2.45) is 0 Å². The van der Waals surface area contributed by atoms with Gasteiger partial charge in [-0.05, 0) is 36.6 Å². The van der Waals surface area contributed by atoms with Crippen LogP contribution in [-0.4, -0.2) is 27.5 Å². The number of hydrogen-bond acceptors (Lipinski definition) is 4. The summed E-state index contributed by atoms with van der Waals surface area (Å²) in [4.78, 5) is 11.9. The lowest BCUT2D eigenvalue weighted by atomic mass is 10.1. The minimum absolute atomic E-state index is 0.0752. The van der Waals surface area contributed by atoms with Gasteiger partial charge in [0.1, 0.15) is 17.7 Å². The molecular formula is C16H17NO4. The van der Waals surface area contributed by atoms with Crippen LogP contribution in [0.4, 0.5) is 0 Å². The van der Waals surface area contributed by atoms with Crippen LogP contribution in [0, 0.1) is 0 Å². The van der Waals surface area contributed by atoms with E-state index in [1.54, 1.807) is 0 Å². The van der Waals surface area contributed by atoms with Crippen LogP contribution in [0.2, 0.25) is 0 Å². The van der Waals surface area contributed by atoms with Gasteiger partial charge in [0, 0.05) is 0 Å². The molecule has 2 aromatic carbocycles. The fraction of sp³-hybridized carbons (Fsp3) is 0.188. The molecule has 0 aliphatic heterocycles. The zero-order valence-corrected chi connectivity index (χ0v) is 11.4. The van der Waals surface area contributed by atoms with E-state index in [9.17, 15) is 20.1 Å². The van der Waals surface area contributed by atoms with Crippen molar-refractivity contribution < 1.29 is 20.1 Å². The average molecular weight is 287 g/mol. The number of nitrogens with one attached hydrogen (secondary N) is 1. The molecule has 0 aliphatic carbocycles. The van der Waals surface area contributed by atoms with E-state index in [0.29, 0.717) is 12.8 Å². The van der Waals surface area contributed by atoms with Gasteiger partial charge < -0.3 is 20.6 Å². The van der Waals surface area contributed by atoms with Gasteiger partial charge in [0.2, 0.25) is 0 Å². The van der Waals surface area contributed by atoms with Crippen LogP contribution in [-0.2, 0) is 6.42 Å². The van der Waals surface area contributed by atoms with Crippen molar-refractivity contribution in [2.75, 3.05) is 0 Å². The Morgan fingerprint density at radius 3 is 2.52 bits per heavy atom. The molecule has 0 radical (unpaired) electrons. The average Bonchev–Trinajstić information content (AvgIpc) is 2.48. The number of aliphatic hydroxyl groups is 1. The maximum Gasteiger partial charge on any atom is 0.257 e. The van der Waals surface area contributed by atoms with E-state index < -0.39 is 12.1 Å². The number of amides is 1. The Morgan fingerprint density at radius 1 is 1.10 bits per heavy atom. The smallest absolute Gasteiger partial charge is 0.257 e. The summed E-state index contributed by atoms with van der Waals surface area (Å²) < 4.78 is 0. The normalized spacial score (nSPS) is 11.9. The predicted octanol–water partition coefficient (Wildman–Crippen LogP) is 1.78. The second kappa shape index (κ2) is 6.76. The molecule has 1 amide bonds. The van der Waals surface area contributed by atoms with E-state index in [1.165, 1.54) is 12.1 Å². The Morgan fingerprint density at radius 2 is 1.81 bits per heavy atom. The summed E-state index contributed by atoms with van der Waals surface area (Å²) in [6.07, 6.45) is -0.0524. The fourth-order valence-electron chi connectivity index (χ4n) is 1.96. The lowest BCUT2D eigenvalue weighted by Crippen LogP contribution is -2.35. The molecule has 2 aromatic rings. The molecule has 0 spiro atoms. The molecule has 5 nitrogen and oxygen atoms in total. The summed E-state index contributed by atoms with van der Waals surface area (Å²) in [6.45, 7) is 0. The molecule has 4 N–H and O–H groups in total. The van der Waals surface area contributed by atoms with Gasteiger partial charge in [-0.25, -0.2) is 0 Å². The fourth-order valence-corrected chi connectivity index (χ4v) is 1.96. The molecule has 21 heavy (non-hydrogen) atoms. The summed E-state index contributed by atoms with van der Waals surface area (Å²) in [7, 11) is 0. The van der Waals surface area contributed by atoms with Gasteiger partial charge in [0.15, 0.2) is 0 Å². The Hall–Kier alpha value is -2.53. The second-order valence-electron chi connectivity index (χ2n) is 4.71. The Kier molecular flexibility index (Phi) is 4.79. The summed E-state index contributed by atoms with van der Waals surface area (Å²) in [5.41, 5.74) is 0.986. The Balaban J connectivity index is 1.91. The molecule has 0 heterocycles. The molecule has 2 rings (SSSR count). The summed E-state index contributed by atoms with van der Waals surface area (Å²) in [5, 5.41) is 31.1. The zero-order valence-electron chi connectivity index (χ0n) is 11.4. The molecule has 5 heteroatoms. The van der Waals surface area contributed by atoms with E-state index in [4.69, 9.17) is 0 Å². The number of benzene rings is 2. The SMILES string of the molecule is O=C(NC(O)CCc1ccccc1)c1cc(O)ccc1O. The minimum atomic E-state index is -1.03. The number of aryl methyl sites for hydroxylation is 1. The number of aromatic hydroxyl groups is 2. The van der Waals surface area contributed by atoms with Gasteiger partial charge >= 0.3 is 0 Å². The minimum Gasteiger partial charge on any atom is -0.508 e. The highest BCUT2D eigenvalue weighted by molar-refractivity contribution is 5.97. The number of carbonyl (C=O) groups is 1. The van der Waals surface area contributed by atoms with Gasteiger partial charge in [-0.15, -0.1) is 0 Å². The molecule has 0 fully saturated rings. The number of phenolic OH excluding ortho intramolecular Hbond substituents is 2. The van der Waals surface area contributed by atoms with Gasteiger partial charge in [-0.2, -0.15) is 0 Å². The van der Waals surface area contributed by atoms with Gasteiger partial charge in [-0.3, -0.25) is 4.79 Å². The van der Waals surface area contributed by atoms with Crippen LogP contribution in [0.25, 0.3) is 0 Å². The maximum atomic E-state index is 11.9. The van der Waals surface area contributed by atoms with Gasteiger partial charge in [0.05, 0.1) is 5.56 Å². The molecular weight excluding hydrogens is 270 g/mol. The van der Waals surface area contributed by atoms with E-state index >= 15 is 0 Å². The van der Waals surface area contributed by atoms with Crippen molar-refractivity contribution >= 4 is 5.91 Å². The lowest BCUT2D eigenvalue weighted by Gasteiger charge is -2.13. The highest BCUT2D eigenvalue weighted by Crippen LogP contribution is 2.21. The quantitative estimate of drug-likeness (QED) is 0.498. The molecule has 1 atom stereocenters. The molecule has 0 bridgehead atoms. The third-order valence-electron chi connectivity index (χ3n) is 3.07. The van der Waals surface area contributed by atoms with E-state index in [1.807, 2.05) is 30.3 Å². The Labute approximate surface area is 122 Å². The number of hydrogen-bond donors (Lipinski definition) is 4. The highest BCUT2D eigenvalue weighted by Gasteiger charge is 2.15. The predicted molar refractivity (Wildman–Crippen MR) is 78.0 cm³/mol. The van der Waals surface area contributed by atoms with Crippen molar-refractivity contribution in [2.45, 2.75) is 19.1 Å². The van der Waals surface area contributed by atoms with Crippen LogP contribution in [0.15, 0.2) is 48.5 Å².